The summed E-state index contributed by atoms with van der Waals surface area (Å²) in [5.41, 5.74) is 1.23. The molecule has 0 bridgehead atoms. The van der Waals surface area contributed by atoms with Crippen LogP contribution in [0.25, 0.3) is 0 Å². The lowest BCUT2D eigenvalue weighted by molar-refractivity contribution is -0.144. The van der Waals surface area contributed by atoms with Crippen LogP contribution in [0.5, 0.6) is 0 Å². The van der Waals surface area contributed by atoms with Crippen LogP contribution >= 0.6 is 11.8 Å². The summed E-state index contributed by atoms with van der Waals surface area (Å²) in [6.45, 7) is 0.646. The number of thioether (sulfide) groups is 1. The SMILES string of the molecule is O=C[C@@H]1CSCN1C(=O)C1CCCN1C(=O)CCCc1ccccc1. The molecule has 0 N–H and O–H groups in total. The van der Waals surface area contributed by atoms with E-state index in [2.05, 4.69) is 12.1 Å². The van der Waals surface area contributed by atoms with E-state index in [-0.39, 0.29) is 23.9 Å². The summed E-state index contributed by atoms with van der Waals surface area (Å²) < 4.78 is 0. The smallest absolute Gasteiger partial charge is 0.246 e. The van der Waals surface area contributed by atoms with Gasteiger partial charge in [-0.25, -0.2) is 0 Å². The zero-order valence-corrected chi connectivity index (χ0v) is 15.1. The molecule has 6 heteroatoms. The van der Waals surface area contributed by atoms with Gasteiger partial charge in [0.25, 0.3) is 0 Å². The van der Waals surface area contributed by atoms with Crippen LogP contribution in [-0.2, 0) is 20.8 Å². The molecule has 2 amide bonds. The van der Waals surface area contributed by atoms with Crippen molar-refractivity contribution in [3.8, 4) is 0 Å². The van der Waals surface area contributed by atoms with Crippen molar-refractivity contribution in [1.29, 1.82) is 0 Å². The van der Waals surface area contributed by atoms with Gasteiger partial charge in [-0.15, -0.1) is 11.8 Å². The number of amides is 2. The number of rotatable bonds is 6. The van der Waals surface area contributed by atoms with Crippen LogP contribution in [0.15, 0.2) is 30.3 Å². The lowest BCUT2D eigenvalue weighted by atomic mass is 10.1. The molecule has 2 fully saturated rings. The molecule has 2 aliphatic rings. The summed E-state index contributed by atoms with van der Waals surface area (Å²) in [7, 11) is 0. The molecule has 0 aliphatic carbocycles. The Kier molecular flexibility index (Phi) is 6.13. The molecule has 2 saturated heterocycles. The van der Waals surface area contributed by atoms with Gasteiger partial charge in [0.1, 0.15) is 12.3 Å². The van der Waals surface area contributed by atoms with Gasteiger partial charge in [0.05, 0.1) is 11.9 Å². The number of carbonyl (C=O) groups is 3. The predicted molar refractivity (Wildman–Crippen MR) is 98.1 cm³/mol. The first-order valence-electron chi connectivity index (χ1n) is 8.87. The van der Waals surface area contributed by atoms with E-state index in [0.717, 1.165) is 25.5 Å². The lowest BCUT2D eigenvalue weighted by Gasteiger charge is -2.29. The minimum absolute atomic E-state index is 0.0567. The van der Waals surface area contributed by atoms with E-state index in [9.17, 15) is 14.4 Å². The predicted octanol–water partition coefficient (Wildman–Crippen LogP) is 2.10. The normalized spacial score (nSPS) is 23.0. The Balaban J connectivity index is 1.54. The summed E-state index contributed by atoms with van der Waals surface area (Å²) >= 11 is 1.59. The monoisotopic (exact) mass is 360 g/mol. The molecule has 2 aliphatic heterocycles. The minimum Gasteiger partial charge on any atom is -0.331 e. The fourth-order valence-corrected chi connectivity index (χ4v) is 4.66. The minimum atomic E-state index is -0.384. The van der Waals surface area contributed by atoms with Crippen molar-refractivity contribution in [3.05, 3.63) is 35.9 Å². The Morgan fingerprint density at radius 1 is 1.20 bits per heavy atom. The van der Waals surface area contributed by atoms with E-state index < -0.39 is 0 Å². The van der Waals surface area contributed by atoms with Crippen LogP contribution in [0, 0.1) is 0 Å². The number of likely N-dealkylation sites (tertiary alicyclic amines) is 1. The maximum Gasteiger partial charge on any atom is 0.246 e. The van der Waals surface area contributed by atoms with Gasteiger partial charge in [0.2, 0.25) is 11.8 Å². The topological polar surface area (TPSA) is 57.7 Å². The lowest BCUT2D eigenvalue weighted by Crippen LogP contribution is -2.49. The zero-order chi connectivity index (χ0) is 17.6. The van der Waals surface area contributed by atoms with Crippen LogP contribution in [-0.4, -0.2) is 58.2 Å². The summed E-state index contributed by atoms with van der Waals surface area (Å²) in [4.78, 5) is 39.9. The van der Waals surface area contributed by atoms with Gasteiger partial charge in [-0.05, 0) is 31.2 Å². The molecule has 0 aromatic heterocycles. The summed E-state index contributed by atoms with van der Waals surface area (Å²) in [6.07, 6.45) is 4.53. The molecule has 1 unspecified atom stereocenters. The highest BCUT2D eigenvalue weighted by Crippen LogP contribution is 2.26. The largest absolute Gasteiger partial charge is 0.331 e. The number of aldehydes is 1. The number of hydrogen-bond acceptors (Lipinski definition) is 4. The molecule has 0 radical (unpaired) electrons. The highest BCUT2D eigenvalue weighted by molar-refractivity contribution is 7.99. The second-order valence-electron chi connectivity index (χ2n) is 6.60. The van der Waals surface area contributed by atoms with Crippen LogP contribution in [0.4, 0.5) is 0 Å². The van der Waals surface area contributed by atoms with Gasteiger partial charge in [0, 0.05) is 18.7 Å². The third kappa shape index (κ3) is 4.24. The zero-order valence-electron chi connectivity index (χ0n) is 14.3. The van der Waals surface area contributed by atoms with Crippen molar-refractivity contribution in [1.82, 2.24) is 9.80 Å². The Labute approximate surface area is 152 Å². The molecule has 2 heterocycles. The summed E-state index contributed by atoms with van der Waals surface area (Å²) in [5.74, 6) is 1.21. The third-order valence-corrected chi connectivity index (χ3v) is 5.95. The molecule has 5 nitrogen and oxygen atoms in total. The molecule has 0 saturated carbocycles. The number of hydrogen-bond donors (Lipinski definition) is 0. The molecule has 1 aromatic rings. The van der Waals surface area contributed by atoms with Gasteiger partial charge < -0.3 is 14.6 Å². The van der Waals surface area contributed by atoms with Crippen LogP contribution in [0.3, 0.4) is 0 Å². The van der Waals surface area contributed by atoms with Crippen molar-refractivity contribution in [2.75, 3.05) is 18.2 Å². The third-order valence-electron chi connectivity index (χ3n) is 4.92. The Morgan fingerprint density at radius 3 is 2.76 bits per heavy atom. The van der Waals surface area contributed by atoms with Crippen molar-refractivity contribution in [2.24, 2.45) is 0 Å². The summed E-state index contributed by atoms with van der Waals surface area (Å²) in [6, 6.07) is 9.40. The van der Waals surface area contributed by atoms with Gasteiger partial charge in [-0.3, -0.25) is 9.59 Å². The Morgan fingerprint density at radius 2 is 2.00 bits per heavy atom. The molecule has 134 valence electrons. The van der Waals surface area contributed by atoms with Crippen LogP contribution in [0.2, 0.25) is 0 Å². The van der Waals surface area contributed by atoms with E-state index in [4.69, 9.17) is 0 Å². The summed E-state index contributed by atoms with van der Waals surface area (Å²) in [5, 5.41) is 0. The maximum absolute atomic E-state index is 12.8. The Hall–Kier alpha value is -1.82. The highest BCUT2D eigenvalue weighted by Gasteiger charge is 2.39. The van der Waals surface area contributed by atoms with E-state index in [1.54, 1.807) is 21.6 Å². The average Bonchev–Trinajstić information content (AvgIpc) is 3.31. The molecule has 0 spiro atoms. The Bertz CT molecular complexity index is 622. The first-order valence-corrected chi connectivity index (χ1v) is 10.0. The fraction of sp³-hybridized carbons (Fsp3) is 0.526. The van der Waals surface area contributed by atoms with E-state index in [1.165, 1.54) is 5.56 Å². The van der Waals surface area contributed by atoms with E-state index >= 15 is 0 Å². The fourth-order valence-electron chi connectivity index (χ4n) is 3.54. The van der Waals surface area contributed by atoms with Gasteiger partial charge in [-0.1, -0.05) is 30.3 Å². The molecule has 1 aromatic carbocycles. The van der Waals surface area contributed by atoms with Gasteiger partial charge >= 0.3 is 0 Å². The van der Waals surface area contributed by atoms with E-state index in [1.807, 2.05) is 18.2 Å². The quantitative estimate of drug-likeness (QED) is 0.729. The second-order valence-corrected chi connectivity index (χ2v) is 7.60. The first-order chi connectivity index (χ1) is 12.2. The highest BCUT2D eigenvalue weighted by atomic mass is 32.2. The van der Waals surface area contributed by atoms with Crippen LogP contribution < -0.4 is 0 Å². The molecule has 3 rings (SSSR count). The number of nitrogens with zero attached hydrogens (tertiary/aromatic N) is 2. The van der Waals surface area contributed by atoms with Gasteiger partial charge in [-0.2, -0.15) is 0 Å². The molecule has 25 heavy (non-hydrogen) atoms. The van der Waals surface area contributed by atoms with Crippen molar-refractivity contribution < 1.29 is 14.4 Å². The van der Waals surface area contributed by atoms with Crippen molar-refractivity contribution >= 4 is 29.9 Å². The molecular formula is C19H24N2O3S. The first kappa shape index (κ1) is 18.0. The van der Waals surface area contributed by atoms with Crippen molar-refractivity contribution in [3.63, 3.8) is 0 Å². The number of carbonyl (C=O) groups excluding carboxylic acids is 3. The molecular weight excluding hydrogens is 336 g/mol. The standard InChI is InChI=1S/C19H24N2O3S/c22-12-16-13-25-14-21(16)19(24)17-9-5-11-20(17)18(23)10-4-8-15-6-2-1-3-7-15/h1-3,6-7,12,16-17H,4-5,8-11,13-14H2/t16-,17?/m1/s1. The van der Waals surface area contributed by atoms with Crippen LogP contribution in [0.1, 0.15) is 31.2 Å². The maximum atomic E-state index is 12.8. The number of benzene rings is 1. The van der Waals surface area contributed by atoms with Gasteiger partial charge in [0.15, 0.2) is 0 Å². The number of aryl methyl sites for hydroxylation is 1. The second kappa shape index (κ2) is 8.52. The van der Waals surface area contributed by atoms with Crippen molar-refractivity contribution in [2.45, 2.75) is 44.2 Å². The molecule has 2 atom stereocenters. The average molecular weight is 360 g/mol. The van der Waals surface area contributed by atoms with E-state index in [0.29, 0.717) is 31.0 Å².